The molecule has 0 saturated carbocycles. The van der Waals surface area contributed by atoms with Crippen molar-refractivity contribution in [2.24, 2.45) is 5.41 Å². The summed E-state index contributed by atoms with van der Waals surface area (Å²) in [5, 5.41) is 12.5. The van der Waals surface area contributed by atoms with E-state index >= 15 is 0 Å². The normalized spacial score (nSPS) is 21.4. The summed E-state index contributed by atoms with van der Waals surface area (Å²) in [6.07, 6.45) is 2.70. The summed E-state index contributed by atoms with van der Waals surface area (Å²) in [6, 6.07) is -0.0745. The zero-order chi connectivity index (χ0) is 15.3. The number of amides is 2. The van der Waals surface area contributed by atoms with Crippen LogP contribution in [0.5, 0.6) is 0 Å². The second-order valence-electron chi connectivity index (χ2n) is 6.65. The molecular formula is C15H28N2O3. The Morgan fingerprint density at radius 3 is 2.55 bits per heavy atom. The van der Waals surface area contributed by atoms with E-state index in [0.717, 1.165) is 19.3 Å². The molecule has 0 aliphatic carbocycles. The maximum Gasteiger partial charge on any atom is 0.225 e. The first kappa shape index (κ1) is 17.0. The Labute approximate surface area is 121 Å². The lowest BCUT2D eigenvalue weighted by Crippen LogP contribution is -2.49. The number of hydrogen-bond acceptors (Lipinski definition) is 3. The predicted octanol–water partition coefficient (Wildman–Crippen LogP) is 1.30. The first-order valence-electron chi connectivity index (χ1n) is 7.49. The number of rotatable bonds is 4. The molecule has 0 radical (unpaired) electrons. The van der Waals surface area contributed by atoms with E-state index in [1.807, 2.05) is 20.8 Å². The van der Waals surface area contributed by atoms with Gasteiger partial charge in [-0.2, -0.15) is 0 Å². The molecule has 20 heavy (non-hydrogen) atoms. The molecule has 0 aromatic heterocycles. The molecule has 1 heterocycles. The molecule has 116 valence electrons. The highest BCUT2D eigenvalue weighted by Crippen LogP contribution is 2.20. The third kappa shape index (κ3) is 4.78. The lowest BCUT2D eigenvalue weighted by molar-refractivity contribution is -0.137. The molecule has 5 nitrogen and oxygen atoms in total. The Kier molecular flexibility index (Phi) is 5.99. The molecule has 2 amide bonds. The van der Waals surface area contributed by atoms with Crippen LogP contribution in [0.4, 0.5) is 0 Å². The zero-order valence-electron chi connectivity index (χ0n) is 13.1. The van der Waals surface area contributed by atoms with E-state index < -0.39 is 11.5 Å². The highest BCUT2D eigenvalue weighted by Gasteiger charge is 2.29. The summed E-state index contributed by atoms with van der Waals surface area (Å²) in [4.78, 5) is 25.7. The highest BCUT2D eigenvalue weighted by atomic mass is 16.3. The molecule has 1 aliphatic rings. The van der Waals surface area contributed by atoms with Crippen molar-refractivity contribution in [3.63, 3.8) is 0 Å². The van der Waals surface area contributed by atoms with Gasteiger partial charge in [0, 0.05) is 24.9 Å². The van der Waals surface area contributed by atoms with Gasteiger partial charge in [-0.3, -0.25) is 9.59 Å². The summed E-state index contributed by atoms with van der Waals surface area (Å²) in [6.45, 7) is 8.34. The Bertz CT molecular complexity index is 348. The lowest BCUT2D eigenvalue weighted by Gasteiger charge is -2.37. The third-order valence-electron chi connectivity index (χ3n) is 3.73. The summed E-state index contributed by atoms with van der Waals surface area (Å²) in [5.41, 5.74) is -0.434. The van der Waals surface area contributed by atoms with Gasteiger partial charge in [-0.25, -0.2) is 0 Å². The SMILES string of the molecule is CC(O)C1CCCCN1C(=O)CCNC(=O)C(C)(C)C. The van der Waals surface area contributed by atoms with Crippen molar-refractivity contribution in [1.29, 1.82) is 0 Å². The maximum atomic E-state index is 12.2. The van der Waals surface area contributed by atoms with Crippen LogP contribution >= 0.6 is 0 Å². The molecule has 2 atom stereocenters. The van der Waals surface area contributed by atoms with E-state index in [1.165, 1.54) is 0 Å². The largest absolute Gasteiger partial charge is 0.391 e. The molecule has 0 spiro atoms. The van der Waals surface area contributed by atoms with Crippen LogP contribution in [0, 0.1) is 5.41 Å². The number of likely N-dealkylation sites (tertiary alicyclic amines) is 1. The number of nitrogens with one attached hydrogen (secondary N) is 1. The monoisotopic (exact) mass is 284 g/mol. The summed E-state index contributed by atoms with van der Waals surface area (Å²) < 4.78 is 0. The number of carbonyl (C=O) groups is 2. The Balaban J connectivity index is 2.43. The third-order valence-corrected chi connectivity index (χ3v) is 3.73. The number of aliphatic hydroxyl groups excluding tert-OH is 1. The molecule has 5 heteroatoms. The summed E-state index contributed by atoms with van der Waals surface area (Å²) in [5.74, 6) is -0.0270. The molecule has 0 aromatic rings. The first-order chi connectivity index (χ1) is 9.23. The molecular weight excluding hydrogens is 256 g/mol. The van der Waals surface area contributed by atoms with Gasteiger partial charge in [-0.05, 0) is 26.2 Å². The minimum absolute atomic E-state index is 0.0183. The van der Waals surface area contributed by atoms with Gasteiger partial charge in [0.25, 0.3) is 0 Å². The quantitative estimate of drug-likeness (QED) is 0.817. The summed E-state index contributed by atoms with van der Waals surface area (Å²) in [7, 11) is 0. The van der Waals surface area contributed by atoms with Crippen LogP contribution in [-0.4, -0.2) is 47.1 Å². The van der Waals surface area contributed by atoms with Crippen molar-refractivity contribution >= 4 is 11.8 Å². The van der Waals surface area contributed by atoms with Crippen LogP contribution in [-0.2, 0) is 9.59 Å². The predicted molar refractivity (Wildman–Crippen MR) is 78.1 cm³/mol. The molecule has 2 unspecified atom stereocenters. The van der Waals surface area contributed by atoms with Gasteiger partial charge in [-0.1, -0.05) is 20.8 Å². The van der Waals surface area contributed by atoms with E-state index in [0.29, 0.717) is 19.5 Å². The molecule has 1 rings (SSSR count). The topological polar surface area (TPSA) is 69.6 Å². The smallest absolute Gasteiger partial charge is 0.225 e. The van der Waals surface area contributed by atoms with Crippen LogP contribution in [0.2, 0.25) is 0 Å². The second-order valence-corrected chi connectivity index (χ2v) is 6.65. The van der Waals surface area contributed by atoms with Crippen LogP contribution in [0.15, 0.2) is 0 Å². The Hall–Kier alpha value is -1.10. The van der Waals surface area contributed by atoms with Crippen molar-refractivity contribution in [2.45, 2.75) is 65.5 Å². The van der Waals surface area contributed by atoms with Crippen molar-refractivity contribution in [2.75, 3.05) is 13.1 Å². The molecule has 2 N–H and O–H groups in total. The van der Waals surface area contributed by atoms with Gasteiger partial charge in [0.2, 0.25) is 11.8 Å². The molecule has 1 aliphatic heterocycles. The lowest BCUT2D eigenvalue weighted by atomic mass is 9.95. The number of nitrogens with zero attached hydrogens (tertiary/aromatic N) is 1. The molecule has 1 fully saturated rings. The maximum absolute atomic E-state index is 12.2. The first-order valence-corrected chi connectivity index (χ1v) is 7.49. The van der Waals surface area contributed by atoms with Gasteiger partial charge < -0.3 is 15.3 Å². The standard InChI is InChI=1S/C15H28N2O3/c1-11(18)12-7-5-6-10-17(12)13(19)8-9-16-14(20)15(2,3)4/h11-12,18H,5-10H2,1-4H3,(H,16,20). The second kappa shape index (κ2) is 7.07. The summed E-state index contributed by atoms with van der Waals surface area (Å²) >= 11 is 0. The molecule has 0 aromatic carbocycles. The van der Waals surface area contributed by atoms with Crippen molar-refractivity contribution in [1.82, 2.24) is 10.2 Å². The minimum atomic E-state index is -0.497. The van der Waals surface area contributed by atoms with E-state index in [-0.39, 0.29) is 17.9 Å². The fourth-order valence-corrected chi connectivity index (χ4v) is 2.46. The molecule has 0 bridgehead atoms. The van der Waals surface area contributed by atoms with E-state index in [1.54, 1.807) is 11.8 Å². The van der Waals surface area contributed by atoms with Gasteiger partial charge >= 0.3 is 0 Å². The zero-order valence-corrected chi connectivity index (χ0v) is 13.1. The molecule has 1 saturated heterocycles. The van der Waals surface area contributed by atoms with Gasteiger partial charge in [0.05, 0.1) is 12.1 Å². The average Bonchev–Trinajstić information content (AvgIpc) is 2.37. The van der Waals surface area contributed by atoms with Crippen LogP contribution in [0.3, 0.4) is 0 Å². The average molecular weight is 284 g/mol. The fourth-order valence-electron chi connectivity index (χ4n) is 2.46. The van der Waals surface area contributed by atoms with Gasteiger partial charge in [-0.15, -0.1) is 0 Å². The van der Waals surface area contributed by atoms with Gasteiger partial charge in [0.1, 0.15) is 0 Å². The van der Waals surface area contributed by atoms with Crippen molar-refractivity contribution in [3.05, 3.63) is 0 Å². The van der Waals surface area contributed by atoms with E-state index in [2.05, 4.69) is 5.32 Å². The van der Waals surface area contributed by atoms with E-state index in [4.69, 9.17) is 0 Å². The Morgan fingerprint density at radius 2 is 2.00 bits per heavy atom. The fraction of sp³-hybridized carbons (Fsp3) is 0.867. The number of piperidine rings is 1. The number of carbonyl (C=O) groups excluding carboxylic acids is 2. The van der Waals surface area contributed by atoms with Crippen LogP contribution < -0.4 is 5.32 Å². The number of aliphatic hydroxyl groups is 1. The van der Waals surface area contributed by atoms with Crippen LogP contribution in [0.1, 0.15) is 53.4 Å². The van der Waals surface area contributed by atoms with Gasteiger partial charge in [0.15, 0.2) is 0 Å². The Morgan fingerprint density at radius 1 is 1.35 bits per heavy atom. The van der Waals surface area contributed by atoms with Crippen molar-refractivity contribution < 1.29 is 14.7 Å². The highest BCUT2D eigenvalue weighted by molar-refractivity contribution is 5.82. The van der Waals surface area contributed by atoms with Crippen LogP contribution in [0.25, 0.3) is 0 Å². The number of hydrogen-bond donors (Lipinski definition) is 2. The minimum Gasteiger partial charge on any atom is -0.391 e. The van der Waals surface area contributed by atoms with Crippen molar-refractivity contribution in [3.8, 4) is 0 Å². The van der Waals surface area contributed by atoms with E-state index in [9.17, 15) is 14.7 Å².